The standard InChI is InChI=1S/C9H10O/c1-9-5-2-3-7(9)8(10)4-6-9/h2,4-7H,3H2,1H3. The maximum atomic E-state index is 11.1. The van der Waals surface area contributed by atoms with E-state index in [2.05, 4.69) is 19.1 Å². The Morgan fingerprint density at radius 2 is 2.40 bits per heavy atom. The van der Waals surface area contributed by atoms with Crippen LogP contribution in [0.2, 0.25) is 0 Å². The van der Waals surface area contributed by atoms with Crippen LogP contribution in [0.3, 0.4) is 0 Å². The van der Waals surface area contributed by atoms with Crippen molar-refractivity contribution in [1.29, 1.82) is 0 Å². The number of ketones is 1. The molecule has 2 rings (SSSR count). The number of carbonyl (C=O) groups excluding carboxylic acids is 1. The number of fused-ring (bicyclic) bond motifs is 1. The van der Waals surface area contributed by atoms with Gasteiger partial charge in [-0.25, -0.2) is 0 Å². The predicted molar refractivity (Wildman–Crippen MR) is 39.5 cm³/mol. The van der Waals surface area contributed by atoms with Crippen molar-refractivity contribution in [2.24, 2.45) is 11.3 Å². The van der Waals surface area contributed by atoms with Gasteiger partial charge in [0.2, 0.25) is 0 Å². The summed E-state index contributed by atoms with van der Waals surface area (Å²) in [5, 5.41) is 0. The van der Waals surface area contributed by atoms with Gasteiger partial charge in [0.15, 0.2) is 5.78 Å². The molecule has 0 saturated heterocycles. The van der Waals surface area contributed by atoms with Crippen LogP contribution in [0, 0.1) is 11.3 Å². The molecule has 2 aliphatic carbocycles. The van der Waals surface area contributed by atoms with Gasteiger partial charge in [-0.3, -0.25) is 4.79 Å². The molecule has 2 unspecified atom stereocenters. The van der Waals surface area contributed by atoms with E-state index in [1.54, 1.807) is 6.08 Å². The van der Waals surface area contributed by atoms with E-state index in [4.69, 9.17) is 0 Å². The first kappa shape index (κ1) is 5.90. The summed E-state index contributed by atoms with van der Waals surface area (Å²) in [5.41, 5.74) is 0.0666. The second kappa shape index (κ2) is 1.60. The highest BCUT2D eigenvalue weighted by atomic mass is 16.1. The summed E-state index contributed by atoms with van der Waals surface area (Å²) in [7, 11) is 0. The molecule has 0 aliphatic heterocycles. The molecule has 1 heteroatoms. The number of carbonyl (C=O) groups is 1. The molecule has 0 spiro atoms. The van der Waals surface area contributed by atoms with Crippen LogP contribution in [0.4, 0.5) is 0 Å². The molecule has 1 nitrogen and oxygen atoms in total. The second-order valence-electron chi connectivity index (χ2n) is 3.29. The fraction of sp³-hybridized carbons (Fsp3) is 0.444. The lowest BCUT2D eigenvalue weighted by atomic mass is 9.83. The SMILES string of the molecule is CC12C=CCC1C(=O)C=C2. The molecule has 0 aromatic rings. The minimum Gasteiger partial charge on any atom is -0.294 e. The van der Waals surface area contributed by atoms with Crippen molar-refractivity contribution >= 4 is 5.78 Å². The van der Waals surface area contributed by atoms with Crippen LogP contribution in [0.25, 0.3) is 0 Å². The predicted octanol–water partition coefficient (Wildman–Crippen LogP) is 1.71. The molecule has 0 fully saturated rings. The largest absolute Gasteiger partial charge is 0.294 e. The van der Waals surface area contributed by atoms with Crippen molar-refractivity contribution in [2.45, 2.75) is 13.3 Å². The van der Waals surface area contributed by atoms with E-state index in [0.29, 0.717) is 5.78 Å². The third kappa shape index (κ3) is 0.551. The van der Waals surface area contributed by atoms with Crippen molar-refractivity contribution in [2.75, 3.05) is 0 Å². The number of rotatable bonds is 0. The van der Waals surface area contributed by atoms with Gasteiger partial charge in [0.25, 0.3) is 0 Å². The molecule has 0 aromatic carbocycles. The molecule has 0 radical (unpaired) electrons. The first-order valence-corrected chi connectivity index (χ1v) is 3.63. The van der Waals surface area contributed by atoms with Gasteiger partial charge in [-0.1, -0.05) is 25.2 Å². The first-order chi connectivity index (χ1) is 4.72. The van der Waals surface area contributed by atoms with E-state index < -0.39 is 0 Å². The van der Waals surface area contributed by atoms with Gasteiger partial charge in [-0.15, -0.1) is 0 Å². The molecule has 0 N–H and O–H groups in total. The van der Waals surface area contributed by atoms with E-state index in [0.717, 1.165) is 6.42 Å². The Morgan fingerprint density at radius 3 is 3.10 bits per heavy atom. The van der Waals surface area contributed by atoms with E-state index in [1.165, 1.54) is 0 Å². The average Bonchev–Trinajstić information content (AvgIpc) is 2.35. The summed E-state index contributed by atoms with van der Waals surface area (Å²) >= 11 is 0. The van der Waals surface area contributed by atoms with Crippen molar-refractivity contribution < 1.29 is 4.79 Å². The number of hydrogen-bond donors (Lipinski definition) is 0. The first-order valence-electron chi connectivity index (χ1n) is 3.63. The Balaban J connectivity index is 2.42. The summed E-state index contributed by atoms with van der Waals surface area (Å²) < 4.78 is 0. The van der Waals surface area contributed by atoms with E-state index in [1.807, 2.05) is 6.08 Å². The van der Waals surface area contributed by atoms with Crippen LogP contribution in [-0.2, 0) is 4.79 Å². The zero-order chi connectivity index (χ0) is 7.19. The Bertz CT molecular complexity index is 237. The lowest BCUT2D eigenvalue weighted by Crippen LogP contribution is -2.19. The van der Waals surface area contributed by atoms with Crippen LogP contribution >= 0.6 is 0 Å². The van der Waals surface area contributed by atoms with Crippen molar-refractivity contribution in [1.82, 2.24) is 0 Å². The molecule has 0 heterocycles. The fourth-order valence-corrected chi connectivity index (χ4v) is 1.80. The summed E-state index contributed by atoms with van der Waals surface area (Å²) in [6.07, 6.45) is 8.91. The van der Waals surface area contributed by atoms with E-state index in [9.17, 15) is 4.79 Å². The molecule has 2 aliphatic rings. The highest BCUT2D eigenvalue weighted by Crippen LogP contribution is 2.43. The third-order valence-corrected chi connectivity index (χ3v) is 2.55. The van der Waals surface area contributed by atoms with Gasteiger partial charge < -0.3 is 0 Å². The van der Waals surface area contributed by atoms with Crippen LogP contribution < -0.4 is 0 Å². The molecular formula is C9H10O. The molecular weight excluding hydrogens is 124 g/mol. The summed E-state index contributed by atoms with van der Waals surface area (Å²) in [6.45, 7) is 2.11. The van der Waals surface area contributed by atoms with Gasteiger partial charge in [0.05, 0.1) is 0 Å². The molecule has 52 valence electrons. The van der Waals surface area contributed by atoms with Crippen molar-refractivity contribution in [3.8, 4) is 0 Å². The quantitative estimate of drug-likeness (QED) is 0.461. The smallest absolute Gasteiger partial charge is 0.159 e. The number of hydrogen-bond acceptors (Lipinski definition) is 1. The monoisotopic (exact) mass is 134 g/mol. The second-order valence-corrected chi connectivity index (χ2v) is 3.29. The third-order valence-electron chi connectivity index (χ3n) is 2.55. The molecule has 0 saturated carbocycles. The lowest BCUT2D eigenvalue weighted by Gasteiger charge is -2.18. The van der Waals surface area contributed by atoms with Crippen LogP contribution in [0.5, 0.6) is 0 Å². The van der Waals surface area contributed by atoms with Gasteiger partial charge in [0.1, 0.15) is 0 Å². The average molecular weight is 134 g/mol. The van der Waals surface area contributed by atoms with Crippen LogP contribution in [-0.4, -0.2) is 5.78 Å². The topological polar surface area (TPSA) is 17.1 Å². The van der Waals surface area contributed by atoms with Gasteiger partial charge in [-0.2, -0.15) is 0 Å². The van der Waals surface area contributed by atoms with Crippen molar-refractivity contribution in [3.63, 3.8) is 0 Å². The summed E-state index contributed by atoms with van der Waals surface area (Å²) in [6, 6.07) is 0. The van der Waals surface area contributed by atoms with Gasteiger partial charge >= 0.3 is 0 Å². The van der Waals surface area contributed by atoms with Crippen LogP contribution in [0.15, 0.2) is 24.3 Å². The molecule has 10 heavy (non-hydrogen) atoms. The van der Waals surface area contributed by atoms with Crippen molar-refractivity contribution in [3.05, 3.63) is 24.3 Å². The maximum Gasteiger partial charge on any atom is 0.159 e. The highest BCUT2D eigenvalue weighted by molar-refractivity contribution is 5.96. The highest BCUT2D eigenvalue weighted by Gasteiger charge is 2.40. The van der Waals surface area contributed by atoms with Gasteiger partial charge in [0, 0.05) is 11.3 Å². The Morgan fingerprint density at radius 1 is 1.60 bits per heavy atom. The molecule has 2 atom stereocenters. The Hall–Kier alpha value is -0.850. The number of allylic oxidation sites excluding steroid dienone is 4. The molecule has 0 aromatic heterocycles. The lowest BCUT2D eigenvalue weighted by molar-refractivity contribution is -0.118. The zero-order valence-electron chi connectivity index (χ0n) is 6.00. The zero-order valence-corrected chi connectivity index (χ0v) is 6.00. The molecule has 0 bridgehead atoms. The normalized spacial score (nSPS) is 42.9. The summed E-state index contributed by atoms with van der Waals surface area (Å²) in [4.78, 5) is 11.1. The van der Waals surface area contributed by atoms with E-state index >= 15 is 0 Å². The Labute approximate surface area is 60.4 Å². The van der Waals surface area contributed by atoms with Crippen LogP contribution in [0.1, 0.15) is 13.3 Å². The maximum absolute atomic E-state index is 11.1. The summed E-state index contributed by atoms with van der Waals surface area (Å²) in [5.74, 6) is 0.528. The Kier molecular flexibility index (Phi) is 0.942. The molecule has 0 amide bonds. The minimum absolute atomic E-state index is 0.0666. The fourth-order valence-electron chi connectivity index (χ4n) is 1.80. The minimum atomic E-state index is 0.0666. The van der Waals surface area contributed by atoms with E-state index in [-0.39, 0.29) is 11.3 Å². The van der Waals surface area contributed by atoms with Gasteiger partial charge in [-0.05, 0) is 12.5 Å².